The number of hydrogen-bond acceptors (Lipinski definition) is 4. The highest BCUT2D eigenvalue weighted by atomic mass is 35.5. The Hall–Kier alpha value is -1.73. The van der Waals surface area contributed by atoms with Crippen LogP contribution in [0, 0.1) is 0 Å². The molecule has 30 heavy (non-hydrogen) atoms. The average molecular weight is 464 g/mol. The zero-order valence-electron chi connectivity index (χ0n) is 16.8. The van der Waals surface area contributed by atoms with Gasteiger partial charge in [0.15, 0.2) is 0 Å². The van der Waals surface area contributed by atoms with Crippen molar-refractivity contribution < 1.29 is 9.59 Å². The highest BCUT2D eigenvalue weighted by molar-refractivity contribution is 7.98. The minimum absolute atomic E-state index is 0.0583. The number of likely N-dealkylation sites (N-methyl/N-ethyl adjacent to an activating group) is 1. The number of hydrogen-bond donors (Lipinski definition) is 1. The number of urea groups is 1. The molecule has 4 rings (SSSR count). The molecule has 2 aliphatic heterocycles. The van der Waals surface area contributed by atoms with Gasteiger partial charge in [-0.2, -0.15) is 11.8 Å². The fraction of sp³-hybridized carbons (Fsp3) is 0.364. The van der Waals surface area contributed by atoms with Gasteiger partial charge in [0, 0.05) is 29.1 Å². The molecule has 2 aromatic carbocycles. The number of carbonyl (C=O) groups excluding carboxylic acids is 2. The van der Waals surface area contributed by atoms with Crippen LogP contribution in [0.5, 0.6) is 0 Å². The third-order valence-electron chi connectivity index (χ3n) is 5.68. The largest absolute Gasteiger partial charge is 0.329 e. The quantitative estimate of drug-likeness (QED) is 0.649. The van der Waals surface area contributed by atoms with Crippen LogP contribution in [0.15, 0.2) is 36.4 Å². The number of nitrogens with zero attached hydrogens (tertiary/aromatic N) is 2. The van der Waals surface area contributed by atoms with Crippen molar-refractivity contribution in [3.63, 3.8) is 0 Å². The number of imide groups is 1. The van der Waals surface area contributed by atoms with Gasteiger partial charge < -0.3 is 10.2 Å². The zero-order valence-corrected chi connectivity index (χ0v) is 19.2. The van der Waals surface area contributed by atoms with E-state index in [1.807, 2.05) is 43.6 Å². The lowest BCUT2D eigenvalue weighted by Gasteiger charge is -2.35. The van der Waals surface area contributed by atoms with Gasteiger partial charge in [-0.05, 0) is 60.4 Å². The molecule has 2 heterocycles. The van der Waals surface area contributed by atoms with Crippen molar-refractivity contribution in [1.29, 1.82) is 0 Å². The Labute approximate surface area is 190 Å². The first-order valence-corrected chi connectivity index (χ1v) is 11.9. The number of para-hydroxylation sites is 1. The number of amides is 3. The van der Waals surface area contributed by atoms with Crippen molar-refractivity contribution in [3.8, 4) is 0 Å². The van der Waals surface area contributed by atoms with Crippen molar-refractivity contribution in [2.75, 3.05) is 30.5 Å². The second kappa shape index (κ2) is 8.79. The molecule has 0 saturated carbocycles. The summed E-state index contributed by atoms with van der Waals surface area (Å²) >= 11 is 14.5. The van der Waals surface area contributed by atoms with E-state index < -0.39 is 6.04 Å². The van der Waals surface area contributed by atoms with Crippen LogP contribution in [0.3, 0.4) is 0 Å². The number of nitrogens with one attached hydrogen (secondary N) is 1. The molecule has 0 radical (unpaired) electrons. The van der Waals surface area contributed by atoms with Crippen LogP contribution >= 0.6 is 35.0 Å². The number of carbonyl (C=O) groups is 2. The number of anilines is 1. The number of benzene rings is 2. The van der Waals surface area contributed by atoms with E-state index in [2.05, 4.69) is 10.2 Å². The zero-order chi connectivity index (χ0) is 21.4. The van der Waals surface area contributed by atoms with Crippen molar-refractivity contribution in [3.05, 3.63) is 63.1 Å². The molecule has 2 aromatic rings. The molecule has 1 N–H and O–H groups in total. The molecule has 0 bridgehead atoms. The monoisotopic (exact) mass is 463 g/mol. The summed E-state index contributed by atoms with van der Waals surface area (Å²) in [4.78, 5) is 29.3. The lowest BCUT2D eigenvalue weighted by Crippen LogP contribution is -2.35. The molecule has 0 aromatic heterocycles. The predicted octanol–water partition coefficient (Wildman–Crippen LogP) is 4.75. The highest BCUT2D eigenvalue weighted by Crippen LogP contribution is 2.41. The molecule has 1 saturated heterocycles. The van der Waals surface area contributed by atoms with Gasteiger partial charge in [-0.15, -0.1) is 0 Å². The maximum absolute atomic E-state index is 13.1. The van der Waals surface area contributed by atoms with E-state index in [0.717, 1.165) is 35.5 Å². The molecular formula is C22H23Cl2N3O2S. The van der Waals surface area contributed by atoms with E-state index in [4.69, 9.17) is 23.2 Å². The van der Waals surface area contributed by atoms with E-state index in [1.165, 1.54) is 4.90 Å². The summed E-state index contributed by atoms with van der Waals surface area (Å²) < 4.78 is 0. The Morgan fingerprint density at radius 2 is 1.93 bits per heavy atom. The molecule has 8 heteroatoms. The minimum atomic E-state index is -0.483. The van der Waals surface area contributed by atoms with Gasteiger partial charge in [0.25, 0.3) is 5.91 Å². The van der Waals surface area contributed by atoms with E-state index in [0.29, 0.717) is 22.2 Å². The van der Waals surface area contributed by atoms with E-state index in [9.17, 15) is 9.59 Å². The summed E-state index contributed by atoms with van der Waals surface area (Å²) in [6.45, 7) is 1.46. The first-order valence-electron chi connectivity index (χ1n) is 9.79. The first-order chi connectivity index (χ1) is 14.4. The lowest BCUT2D eigenvalue weighted by atomic mass is 9.83. The van der Waals surface area contributed by atoms with Gasteiger partial charge in [-0.1, -0.05) is 41.4 Å². The fourth-order valence-electron chi connectivity index (χ4n) is 4.29. The molecule has 2 unspecified atom stereocenters. The van der Waals surface area contributed by atoms with Crippen LogP contribution in [0.1, 0.15) is 29.0 Å². The predicted molar refractivity (Wildman–Crippen MR) is 124 cm³/mol. The second-order valence-electron chi connectivity index (χ2n) is 7.72. The smallest absolute Gasteiger partial charge is 0.325 e. The van der Waals surface area contributed by atoms with Crippen molar-refractivity contribution in [1.82, 2.24) is 10.2 Å². The Morgan fingerprint density at radius 1 is 1.17 bits per heavy atom. The lowest BCUT2D eigenvalue weighted by molar-refractivity contribution is -0.118. The number of rotatable bonds is 5. The number of thioether (sulfide) groups is 1. The summed E-state index contributed by atoms with van der Waals surface area (Å²) in [6, 6.07) is 10.5. The van der Waals surface area contributed by atoms with Gasteiger partial charge in [0.1, 0.15) is 6.04 Å². The van der Waals surface area contributed by atoms with Gasteiger partial charge in [0.05, 0.1) is 5.69 Å². The third kappa shape index (κ3) is 3.94. The first kappa shape index (κ1) is 21.5. The van der Waals surface area contributed by atoms with Crippen LogP contribution < -0.4 is 10.2 Å². The third-order valence-corrected chi connectivity index (χ3v) is 6.87. The second-order valence-corrected chi connectivity index (χ2v) is 9.55. The molecule has 0 spiro atoms. The molecule has 2 aliphatic rings. The van der Waals surface area contributed by atoms with Crippen molar-refractivity contribution in [2.24, 2.45) is 0 Å². The van der Waals surface area contributed by atoms with E-state index >= 15 is 0 Å². The summed E-state index contributed by atoms with van der Waals surface area (Å²) in [5.74, 6) is 0.552. The highest BCUT2D eigenvalue weighted by Gasteiger charge is 2.40. The Balaban J connectivity index is 1.77. The van der Waals surface area contributed by atoms with Crippen LogP contribution in [-0.2, 0) is 11.3 Å². The minimum Gasteiger partial charge on any atom is -0.325 e. The summed E-state index contributed by atoms with van der Waals surface area (Å²) in [6.07, 6.45) is 2.60. The van der Waals surface area contributed by atoms with Gasteiger partial charge in [-0.3, -0.25) is 4.79 Å². The van der Waals surface area contributed by atoms with Crippen molar-refractivity contribution >= 4 is 52.6 Å². The molecular weight excluding hydrogens is 441 g/mol. The topological polar surface area (TPSA) is 52.7 Å². The molecule has 158 valence electrons. The number of halogens is 2. The molecule has 3 amide bonds. The maximum atomic E-state index is 13.1. The van der Waals surface area contributed by atoms with Gasteiger partial charge >= 0.3 is 6.03 Å². The number of fused-ring (bicyclic) bond motifs is 1. The molecule has 0 aliphatic carbocycles. The maximum Gasteiger partial charge on any atom is 0.329 e. The van der Waals surface area contributed by atoms with Crippen LogP contribution in [0.2, 0.25) is 10.0 Å². The van der Waals surface area contributed by atoms with Gasteiger partial charge in [0.2, 0.25) is 0 Å². The SMILES string of the molecule is CSCCC1NC(=O)N(c2ccccc2C2CN(C)Cc3c(Cl)cc(Cl)cc32)C1=O. The average Bonchev–Trinajstić information content (AvgIpc) is 2.99. The van der Waals surface area contributed by atoms with Gasteiger partial charge in [-0.25, -0.2) is 9.69 Å². The molecule has 5 nitrogen and oxygen atoms in total. The normalized spacial score (nSPS) is 21.7. The summed E-state index contributed by atoms with van der Waals surface area (Å²) in [5.41, 5.74) is 3.61. The standard InChI is InChI=1S/C22H23Cl2N3O2S/c1-26-11-16(15-9-13(23)10-18(24)17(15)12-26)14-5-3-4-6-20(14)27-21(28)19(7-8-30-2)25-22(27)29/h3-6,9-10,16,19H,7-8,11-12H2,1-2H3,(H,25,29). The molecule has 1 fully saturated rings. The Kier molecular flexibility index (Phi) is 6.30. The molecule has 2 atom stereocenters. The summed E-state index contributed by atoms with van der Waals surface area (Å²) in [7, 11) is 2.04. The Morgan fingerprint density at radius 3 is 2.70 bits per heavy atom. The summed E-state index contributed by atoms with van der Waals surface area (Å²) in [5, 5.41) is 4.05. The van der Waals surface area contributed by atoms with Crippen LogP contribution in [0.25, 0.3) is 0 Å². The fourth-order valence-corrected chi connectivity index (χ4v) is 5.33. The van der Waals surface area contributed by atoms with Crippen molar-refractivity contribution in [2.45, 2.75) is 24.9 Å². The van der Waals surface area contributed by atoms with Crippen LogP contribution in [0.4, 0.5) is 10.5 Å². The van der Waals surface area contributed by atoms with E-state index in [1.54, 1.807) is 17.8 Å². The Bertz CT molecular complexity index is 1000. The van der Waals surface area contributed by atoms with Crippen LogP contribution in [-0.4, -0.2) is 48.5 Å². The van der Waals surface area contributed by atoms with E-state index in [-0.39, 0.29) is 17.9 Å².